The number of rotatable bonds is 3. The summed E-state index contributed by atoms with van der Waals surface area (Å²) >= 11 is 1.30. The number of hydrogen-bond donors (Lipinski definition) is 2. The molecule has 5 nitrogen and oxygen atoms in total. The van der Waals surface area contributed by atoms with E-state index in [0.29, 0.717) is 5.16 Å². The molecule has 2 aromatic heterocycles. The Hall–Kier alpha value is -1.66. The van der Waals surface area contributed by atoms with Gasteiger partial charge in [0, 0.05) is 24.5 Å². The number of pyridine rings is 1. The zero-order valence-electron chi connectivity index (χ0n) is 9.25. The summed E-state index contributed by atoms with van der Waals surface area (Å²) in [5.41, 5.74) is 6.62. The van der Waals surface area contributed by atoms with Crippen LogP contribution in [-0.2, 0) is 0 Å². The Labute approximate surface area is 103 Å². The summed E-state index contributed by atoms with van der Waals surface area (Å²) in [6.45, 7) is 1.91. The monoisotopic (exact) mass is 248 g/mol. The lowest BCUT2D eigenvalue weighted by Gasteiger charge is -2.06. The predicted molar refractivity (Wildman–Crippen MR) is 65.8 cm³/mol. The molecule has 0 aromatic carbocycles. The molecule has 17 heavy (non-hydrogen) atoms. The second kappa shape index (κ2) is 5.11. The first kappa shape index (κ1) is 11.8. The lowest BCUT2D eigenvalue weighted by atomic mass is 10.1. The van der Waals surface area contributed by atoms with Crippen molar-refractivity contribution in [2.24, 2.45) is 5.73 Å². The molecule has 88 valence electrons. The molecular formula is C11H12N4OS. The highest BCUT2D eigenvalue weighted by atomic mass is 32.2. The number of hydrogen-bond acceptors (Lipinski definition) is 5. The Morgan fingerprint density at radius 2 is 2.12 bits per heavy atom. The van der Waals surface area contributed by atoms with E-state index in [1.54, 1.807) is 6.20 Å². The minimum atomic E-state index is -0.175. The van der Waals surface area contributed by atoms with E-state index in [2.05, 4.69) is 15.0 Å². The van der Waals surface area contributed by atoms with Gasteiger partial charge in [-0.05, 0) is 36.4 Å². The van der Waals surface area contributed by atoms with Crippen molar-refractivity contribution >= 4 is 11.8 Å². The van der Waals surface area contributed by atoms with Crippen molar-refractivity contribution in [2.75, 3.05) is 0 Å². The molecule has 0 saturated carbocycles. The van der Waals surface area contributed by atoms with Crippen LogP contribution in [0, 0.1) is 0 Å². The average Bonchev–Trinajstić information content (AvgIpc) is 2.29. The van der Waals surface area contributed by atoms with E-state index < -0.39 is 0 Å². The fourth-order valence-corrected chi connectivity index (χ4v) is 2.04. The second-order valence-corrected chi connectivity index (χ2v) is 4.57. The van der Waals surface area contributed by atoms with Gasteiger partial charge < -0.3 is 10.7 Å². The molecule has 2 heterocycles. The lowest BCUT2D eigenvalue weighted by molar-refractivity contribution is 0.807. The molecule has 0 radical (unpaired) electrons. The molecule has 2 rings (SSSR count). The van der Waals surface area contributed by atoms with Crippen LogP contribution in [0.2, 0.25) is 0 Å². The third-order valence-corrected chi connectivity index (χ3v) is 2.97. The summed E-state index contributed by atoms with van der Waals surface area (Å²) in [6, 6.07) is 5.09. The van der Waals surface area contributed by atoms with Crippen molar-refractivity contribution in [2.45, 2.75) is 23.1 Å². The van der Waals surface area contributed by atoms with Crippen molar-refractivity contribution in [1.29, 1.82) is 0 Å². The van der Waals surface area contributed by atoms with Crippen LogP contribution >= 0.6 is 11.8 Å². The van der Waals surface area contributed by atoms with Crippen LogP contribution in [0.15, 0.2) is 45.6 Å². The topological polar surface area (TPSA) is 84.7 Å². The highest BCUT2D eigenvalue weighted by Gasteiger charge is 2.04. The smallest absolute Gasteiger partial charge is 0.251 e. The number of nitrogens with one attached hydrogen (secondary N) is 1. The zero-order valence-corrected chi connectivity index (χ0v) is 10.1. The average molecular weight is 248 g/mol. The van der Waals surface area contributed by atoms with Gasteiger partial charge in [0.2, 0.25) is 0 Å². The highest BCUT2D eigenvalue weighted by molar-refractivity contribution is 7.99. The first-order chi connectivity index (χ1) is 8.15. The van der Waals surface area contributed by atoms with Gasteiger partial charge in [0.05, 0.1) is 0 Å². The van der Waals surface area contributed by atoms with E-state index in [4.69, 9.17) is 5.73 Å². The minimum Gasteiger partial charge on any atom is -0.324 e. The molecular weight excluding hydrogens is 236 g/mol. The molecule has 1 unspecified atom stereocenters. The van der Waals surface area contributed by atoms with Crippen molar-refractivity contribution < 1.29 is 0 Å². The van der Waals surface area contributed by atoms with E-state index >= 15 is 0 Å². The predicted octanol–water partition coefficient (Wildman–Crippen LogP) is 1.34. The van der Waals surface area contributed by atoms with E-state index in [0.717, 1.165) is 10.6 Å². The van der Waals surface area contributed by atoms with Gasteiger partial charge in [-0.2, -0.15) is 0 Å². The molecule has 6 heteroatoms. The van der Waals surface area contributed by atoms with Crippen LogP contribution in [0.4, 0.5) is 0 Å². The zero-order chi connectivity index (χ0) is 12.3. The van der Waals surface area contributed by atoms with E-state index in [1.807, 2.05) is 19.1 Å². The van der Waals surface area contributed by atoms with Gasteiger partial charge in [-0.3, -0.25) is 4.79 Å². The SMILES string of the molecule is CC(N)c1ccnc(Sc2nccc(=O)[nH]2)c1. The Bertz CT molecular complexity index is 567. The first-order valence-corrected chi connectivity index (χ1v) is 5.91. The molecule has 0 aliphatic heterocycles. The van der Waals surface area contributed by atoms with E-state index in [9.17, 15) is 4.79 Å². The molecule has 0 aliphatic carbocycles. The fraction of sp³-hybridized carbons (Fsp3) is 0.182. The normalized spacial score (nSPS) is 12.4. The van der Waals surface area contributed by atoms with Gasteiger partial charge in [-0.15, -0.1) is 0 Å². The van der Waals surface area contributed by atoms with Gasteiger partial charge in [0.25, 0.3) is 5.56 Å². The number of nitrogens with two attached hydrogens (primary N) is 1. The number of nitrogens with zero attached hydrogens (tertiary/aromatic N) is 2. The van der Waals surface area contributed by atoms with Gasteiger partial charge >= 0.3 is 0 Å². The summed E-state index contributed by atoms with van der Waals surface area (Å²) in [5, 5.41) is 1.28. The van der Waals surface area contributed by atoms with Gasteiger partial charge in [0.1, 0.15) is 5.03 Å². The molecule has 0 aliphatic rings. The van der Waals surface area contributed by atoms with Crippen molar-refractivity contribution in [3.05, 3.63) is 46.5 Å². The summed E-state index contributed by atoms with van der Waals surface area (Å²) in [6.07, 6.45) is 3.17. The Balaban J connectivity index is 2.24. The summed E-state index contributed by atoms with van der Waals surface area (Å²) < 4.78 is 0. The molecule has 0 spiro atoms. The van der Waals surface area contributed by atoms with Gasteiger partial charge in [-0.25, -0.2) is 9.97 Å². The van der Waals surface area contributed by atoms with Crippen LogP contribution in [0.25, 0.3) is 0 Å². The van der Waals surface area contributed by atoms with Crippen molar-refractivity contribution in [3.63, 3.8) is 0 Å². The summed E-state index contributed by atoms with van der Waals surface area (Å²) in [5.74, 6) is 0. The third-order valence-electron chi connectivity index (χ3n) is 2.13. The summed E-state index contributed by atoms with van der Waals surface area (Å²) in [7, 11) is 0. The Morgan fingerprint density at radius 3 is 2.82 bits per heavy atom. The highest BCUT2D eigenvalue weighted by Crippen LogP contribution is 2.23. The van der Waals surface area contributed by atoms with E-state index in [-0.39, 0.29) is 11.6 Å². The van der Waals surface area contributed by atoms with Crippen LogP contribution in [0.1, 0.15) is 18.5 Å². The van der Waals surface area contributed by atoms with Crippen LogP contribution in [0.5, 0.6) is 0 Å². The number of aromatic nitrogens is 3. The standard InChI is InChI=1S/C11H12N4OS/c1-7(12)8-2-4-13-10(6-8)17-11-14-5-3-9(16)15-11/h2-7H,12H2,1H3,(H,14,15,16). The van der Waals surface area contributed by atoms with E-state index in [1.165, 1.54) is 24.0 Å². The molecule has 2 aromatic rings. The largest absolute Gasteiger partial charge is 0.324 e. The second-order valence-electron chi connectivity index (χ2n) is 3.56. The number of aromatic amines is 1. The molecule has 1 atom stereocenters. The van der Waals surface area contributed by atoms with Crippen molar-refractivity contribution in [1.82, 2.24) is 15.0 Å². The minimum absolute atomic E-state index is 0.0415. The van der Waals surface area contributed by atoms with Crippen LogP contribution in [0.3, 0.4) is 0 Å². The van der Waals surface area contributed by atoms with Crippen LogP contribution < -0.4 is 11.3 Å². The van der Waals surface area contributed by atoms with Crippen LogP contribution in [-0.4, -0.2) is 15.0 Å². The Morgan fingerprint density at radius 1 is 1.35 bits per heavy atom. The van der Waals surface area contributed by atoms with Gasteiger partial charge in [0.15, 0.2) is 5.16 Å². The van der Waals surface area contributed by atoms with Gasteiger partial charge in [-0.1, -0.05) is 0 Å². The molecule has 0 amide bonds. The maximum Gasteiger partial charge on any atom is 0.251 e. The molecule has 0 saturated heterocycles. The lowest BCUT2D eigenvalue weighted by Crippen LogP contribution is -2.06. The fourth-order valence-electron chi connectivity index (χ4n) is 1.27. The van der Waals surface area contributed by atoms with Crippen molar-refractivity contribution in [3.8, 4) is 0 Å². The first-order valence-electron chi connectivity index (χ1n) is 5.10. The third kappa shape index (κ3) is 3.15. The quantitative estimate of drug-likeness (QED) is 0.801. The Kier molecular flexibility index (Phi) is 3.55. The summed E-state index contributed by atoms with van der Waals surface area (Å²) in [4.78, 5) is 22.0. The molecule has 3 N–H and O–H groups in total. The maximum atomic E-state index is 11.1. The molecule has 0 bridgehead atoms. The maximum absolute atomic E-state index is 11.1. The molecule has 0 fully saturated rings. The number of H-pyrrole nitrogens is 1.